The van der Waals surface area contributed by atoms with Crippen molar-refractivity contribution < 1.29 is 4.39 Å². The molecule has 1 rings (SSSR count). The van der Waals surface area contributed by atoms with E-state index in [0.29, 0.717) is 0 Å². The van der Waals surface area contributed by atoms with Crippen LogP contribution in [0.4, 0.5) is 4.39 Å². The Morgan fingerprint density at radius 3 is 2.33 bits per heavy atom. The van der Waals surface area contributed by atoms with Crippen LogP contribution in [0.2, 0.25) is 0 Å². The molecule has 0 aromatic carbocycles. The largest absolute Gasteiger partial charge is 0.303 e. The van der Waals surface area contributed by atoms with Gasteiger partial charge in [-0.15, -0.1) is 0 Å². The van der Waals surface area contributed by atoms with Crippen molar-refractivity contribution in [3.63, 3.8) is 0 Å². The van der Waals surface area contributed by atoms with Gasteiger partial charge in [0.15, 0.2) is 0 Å². The molecule has 1 nitrogen and oxygen atoms in total. The van der Waals surface area contributed by atoms with Crippen molar-refractivity contribution >= 4 is 0 Å². The van der Waals surface area contributed by atoms with E-state index in [1.807, 2.05) is 6.92 Å². The van der Waals surface area contributed by atoms with E-state index in [-0.39, 0.29) is 5.92 Å². The third-order valence-electron chi connectivity index (χ3n) is 3.92. The number of alkyl halides is 1. The van der Waals surface area contributed by atoms with Crippen LogP contribution in [-0.4, -0.2) is 30.7 Å². The molecule has 2 atom stereocenters. The van der Waals surface area contributed by atoms with Crippen LogP contribution in [0.3, 0.4) is 0 Å². The number of nitrogens with zero attached hydrogens (tertiary/aromatic N) is 1. The van der Waals surface area contributed by atoms with Gasteiger partial charge >= 0.3 is 0 Å². The van der Waals surface area contributed by atoms with Crippen molar-refractivity contribution in [3.05, 3.63) is 0 Å². The molecule has 1 aliphatic carbocycles. The molecule has 0 aromatic heterocycles. The second kappa shape index (κ2) is 6.47. The lowest BCUT2D eigenvalue weighted by Gasteiger charge is -2.32. The van der Waals surface area contributed by atoms with E-state index in [4.69, 9.17) is 0 Å². The summed E-state index contributed by atoms with van der Waals surface area (Å²) in [5, 5.41) is 0. The Morgan fingerprint density at radius 2 is 1.80 bits per heavy atom. The fourth-order valence-electron chi connectivity index (χ4n) is 2.34. The second-order valence-electron chi connectivity index (χ2n) is 5.22. The van der Waals surface area contributed by atoms with Crippen LogP contribution in [0.15, 0.2) is 0 Å². The Balaban J connectivity index is 2.19. The van der Waals surface area contributed by atoms with Crippen molar-refractivity contribution in [3.8, 4) is 0 Å². The average Bonchev–Trinajstić information content (AvgIpc) is 2.26. The standard InChI is InChI=1S/C13H26FN/c1-11(12(2)14)9-10-15(3)13-7-5-4-6-8-13/h11-13H,4-10H2,1-3H3. The Hall–Kier alpha value is -0.110. The zero-order valence-electron chi connectivity index (χ0n) is 10.5. The maximum atomic E-state index is 13.0. The molecule has 0 aromatic rings. The first kappa shape index (κ1) is 13.0. The van der Waals surface area contributed by atoms with Crippen LogP contribution in [0.25, 0.3) is 0 Å². The van der Waals surface area contributed by atoms with Crippen LogP contribution in [0, 0.1) is 5.92 Å². The molecule has 0 spiro atoms. The Bertz CT molecular complexity index is 164. The van der Waals surface area contributed by atoms with Gasteiger partial charge in [0.2, 0.25) is 0 Å². The predicted molar refractivity (Wildman–Crippen MR) is 63.9 cm³/mol. The fourth-order valence-corrected chi connectivity index (χ4v) is 2.34. The molecule has 2 unspecified atom stereocenters. The van der Waals surface area contributed by atoms with E-state index in [9.17, 15) is 4.39 Å². The number of halogens is 1. The molecule has 1 aliphatic rings. The van der Waals surface area contributed by atoms with Gasteiger partial charge in [-0.1, -0.05) is 26.2 Å². The third kappa shape index (κ3) is 4.50. The van der Waals surface area contributed by atoms with E-state index in [1.54, 1.807) is 6.92 Å². The van der Waals surface area contributed by atoms with E-state index in [0.717, 1.165) is 19.0 Å². The molecule has 0 aliphatic heterocycles. The van der Waals surface area contributed by atoms with E-state index in [2.05, 4.69) is 11.9 Å². The summed E-state index contributed by atoms with van der Waals surface area (Å²) in [6.07, 6.45) is 7.18. The first-order valence-electron chi connectivity index (χ1n) is 6.45. The molecule has 0 amide bonds. The van der Waals surface area contributed by atoms with Gasteiger partial charge in [-0.25, -0.2) is 4.39 Å². The van der Waals surface area contributed by atoms with Gasteiger partial charge in [0.25, 0.3) is 0 Å². The van der Waals surface area contributed by atoms with Crippen molar-refractivity contribution in [2.24, 2.45) is 5.92 Å². The molecule has 2 heteroatoms. The smallest absolute Gasteiger partial charge is 0.0999 e. The van der Waals surface area contributed by atoms with Crippen molar-refractivity contribution in [2.75, 3.05) is 13.6 Å². The highest BCUT2D eigenvalue weighted by molar-refractivity contribution is 4.74. The normalized spacial score (nSPS) is 23.0. The minimum atomic E-state index is -0.662. The third-order valence-corrected chi connectivity index (χ3v) is 3.92. The van der Waals surface area contributed by atoms with Gasteiger partial charge < -0.3 is 4.90 Å². The monoisotopic (exact) mass is 215 g/mol. The minimum Gasteiger partial charge on any atom is -0.303 e. The maximum Gasteiger partial charge on any atom is 0.0999 e. The molecule has 0 radical (unpaired) electrons. The summed E-state index contributed by atoms with van der Waals surface area (Å²) in [6, 6.07) is 0.765. The fraction of sp³-hybridized carbons (Fsp3) is 1.00. The summed E-state index contributed by atoms with van der Waals surface area (Å²) >= 11 is 0. The first-order valence-corrected chi connectivity index (χ1v) is 6.45. The molecule has 15 heavy (non-hydrogen) atoms. The molecule has 0 bridgehead atoms. The second-order valence-corrected chi connectivity index (χ2v) is 5.22. The van der Waals surface area contributed by atoms with Gasteiger partial charge in [0.05, 0.1) is 6.17 Å². The number of hydrogen-bond donors (Lipinski definition) is 0. The van der Waals surface area contributed by atoms with E-state index < -0.39 is 6.17 Å². The quantitative estimate of drug-likeness (QED) is 0.677. The molecular formula is C13H26FN. The van der Waals surface area contributed by atoms with Crippen LogP contribution in [0.1, 0.15) is 52.4 Å². The van der Waals surface area contributed by atoms with Gasteiger partial charge in [-0.2, -0.15) is 0 Å². The Kier molecular flexibility index (Phi) is 5.59. The molecule has 0 N–H and O–H groups in total. The van der Waals surface area contributed by atoms with Gasteiger partial charge in [0, 0.05) is 6.04 Å². The highest BCUT2D eigenvalue weighted by Gasteiger charge is 2.19. The Labute approximate surface area is 94.0 Å². The SMILES string of the molecule is CC(F)C(C)CCN(C)C1CCCCC1. The molecule has 90 valence electrons. The summed E-state index contributed by atoms with van der Waals surface area (Å²) in [4.78, 5) is 2.44. The predicted octanol–water partition coefficient (Wildman–Crippen LogP) is 3.64. The van der Waals surface area contributed by atoms with Gasteiger partial charge in [-0.3, -0.25) is 0 Å². The molecule has 1 saturated carbocycles. The summed E-state index contributed by atoms with van der Waals surface area (Å²) in [7, 11) is 2.20. The minimum absolute atomic E-state index is 0.205. The van der Waals surface area contributed by atoms with Crippen LogP contribution in [0.5, 0.6) is 0 Å². The van der Waals surface area contributed by atoms with Crippen LogP contribution >= 0.6 is 0 Å². The summed E-state index contributed by atoms with van der Waals surface area (Å²) in [5.74, 6) is 0.205. The lowest BCUT2D eigenvalue weighted by molar-refractivity contribution is 0.164. The first-order chi connectivity index (χ1) is 7.11. The Morgan fingerprint density at radius 1 is 1.20 bits per heavy atom. The van der Waals surface area contributed by atoms with Gasteiger partial charge in [-0.05, 0) is 45.7 Å². The lowest BCUT2D eigenvalue weighted by atomic mass is 9.94. The summed E-state index contributed by atoms with van der Waals surface area (Å²) in [5.41, 5.74) is 0. The molecule has 0 heterocycles. The van der Waals surface area contributed by atoms with Crippen molar-refractivity contribution in [2.45, 2.75) is 64.6 Å². The molecule has 0 saturated heterocycles. The lowest BCUT2D eigenvalue weighted by Crippen LogP contribution is -2.35. The highest BCUT2D eigenvalue weighted by Crippen LogP contribution is 2.22. The molecular weight excluding hydrogens is 189 g/mol. The number of hydrogen-bond acceptors (Lipinski definition) is 1. The average molecular weight is 215 g/mol. The van der Waals surface area contributed by atoms with Crippen LogP contribution in [-0.2, 0) is 0 Å². The van der Waals surface area contributed by atoms with Gasteiger partial charge in [0.1, 0.15) is 0 Å². The summed E-state index contributed by atoms with van der Waals surface area (Å²) in [6.45, 7) is 4.74. The van der Waals surface area contributed by atoms with Crippen molar-refractivity contribution in [1.82, 2.24) is 4.90 Å². The summed E-state index contributed by atoms with van der Waals surface area (Å²) < 4.78 is 13.0. The van der Waals surface area contributed by atoms with Crippen LogP contribution < -0.4 is 0 Å². The molecule has 1 fully saturated rings. The maximum absolute atomic E-state index is 13.0. The highest BCUT2D eigenvalue weighted by atomic mass is 19.1. The topological polar surface area (TPSA) is 3.24 Å². The zero-order chi connectivity index (χ0) is 11.3. The number of rotatable bonds is 5. The zero-order valence-corrected chi connectivity index (χ0v) is 10.5. The van der Waals surface area contributed by atoms with E-state index in [1.165, 1.54) is 32.1 Å². The van der Waals surface area contributed by atoms with Crippen molar-refractivity contribution in [1.29, 1.82) is 0 Å². The van der Waals surface area contributed by atoms with E-state index >= 15 is 0 Å².